The molecule has 2 saturated heterocycles. The van der Waals surface area contributed by atoms with Crippen molar-refractivity contribution in [3.05, 3.63) is 23.8 Å². The second kappa shape index (κ2) is 6.37. The van der Waals surface area contributed by atoms with E-state index in [0.717, 1.165) is 13.1 Å². The van der Waals surface area contributed by atoms with Crippen molar-refractivity contribution in [1.29, 1.82) is 0 Å². The van der Waals surface area contributed by atoms with Gasteiger partial charge >= 0.3 is 0 Å². The standard InChI is InChI=1S/C17H22N2O4/c20-17(12-4-3-5-15-16(12)23-9-8-22-15)18-13-10-21-11-14(13)19-6-1-2-7-19/h3-5,13-14H,1-2,6-11H2,(H,18,20)/t13-,14-/m0/s1. The summed E-state index contributed by atoms with van der Waals surface area (Å²) in [5, 5.41) is 3.13. The van der Waals surface area contributed by atoms with Crippen molar-refractivity contribution >= 4 is 5.91 Å². The molecule has 0 radical (unpaired) electrons. The zero-order chi connectivity index (χ0) is 15.6. The molecule has 6 heteroatoms. The topological polar surface area (TPSA) is 60.0 Å². The van der Waals surface area contributed by atoms with E-state index in [9.17, 15) is 4.79 Å². The molecule has 6 nitrogen and oxygen atoms in total. The van der Waals surface area contributed by atoms with Crippen molar-refractivity contribution in [2.45, 2.75) is 24.9 Å². The highest BCUT2D eigenvalue weighted by atomic mass is 16.6. The van der Waals surface area contributed by atoms with E-state index in [-0.39, 0.29) is 18.0 Å². The van der Waals surface area contributed by atoms with Crippen LogP contribution in [0.15, 0.2) is 18.2 Å². The molecule has 3 aliphatic rings. The maximum absolute atomic E-state index is 12.7. The van der Waals surface area contributed by atoms with Gasteiger partial charge in [0.15, 0.2) is 11.5 Å². The van der Waals surface area contributed by atoms with Crippen LogP contribution in [0, 0.1) is 0 Å². The average molecular weight is 318 g/mol. The largest absolute Gasteiger partial charge is 0.486 e. The number of nitrogens with zero attached hydrogens (tertiary/aromatic N) is 1. The Labute approximate surface area is 135 Å². The quantitative estimate of drug-likeness (QED) is 0.903. The molecule has 1 aromatic carbocycles. The molecule has 3 aliphatic heterocycles. The number of hydrogen-bond acceptors (Lipinski definition) is 5. The minimum atomic E-state index is -0.118. The first-order valence-electron chi connectivity index (χ1n) is 8.34. The van der Waals surface area contributed by atoms with Crippen LogP contribution in [-0.2, 0) is 4.74 Å². The van der Waals surface area contributed by atoms with E-state index in [0.29, 0.717) is 43.5 Å². The van der Waals surface area contributed by atoms with Gasteiger partial charge in [-0.05, 0) is 38.1 Å². The van der Waals surface area contributed by atoms with Crippen molar-refractivity contribution in [2.75, 3.05) is 39.5 Å². The Kier molecular flexibility index (Phi) is 4.10. The zero-order valence-electron chi connectivity index (χ0n) is 13.1. The highest BCUT2D eigenvalue weighted by Gasteiger charge is 2.36. The van der Waals surface area contributed by atoms with Crippen LogP contribution in [0.2, 0.25) is 0 Å². The maximum Gasteiger partial charge on any atom is 0.255 e. The van der Waals surface area contributed by atoms with Crippen LogP contribution in [-0.4, -0.2) is 62.4 Å². The number of carbonyl (C=O) groups is 1. The Morgan fingerprint density at radius 1 is 1.13 bits per heavy atom. The van der Waals surface area contributed by atoms with Gasteiger partial charge in [0.25, 0.3) is 5.91 Å². The van der Waals surface area contributed by atoms with Crippen molar-refractivity contribution in [1.82, 2.24) is 10.2 Å². The molecule has 2 atom stereocenters. The van der Waals surface area contributed by atoms with Gasteiger partial charge < -0.3 is 19.5 Å². The molecule has 0 spiro atoms. The van der Waals surface area contributed by atoms with Gasteiger partial charge in [0, 0.05) is 0 Å². The summed E-state index contributed by atoms with van der Waals surface area (Å²) in [4.78, 5) is 15.1. The fourth-order valence-electron chi connectivity index (χ4n) is 3.61. The third kappa shape index (κ3) is 2.88. The number of amides is 1. The predicted molar refractivity (Wildman–Crippen MR) is 84.1 cm³/mol. The molecule has 23 heavy (non-hydrogen) atoms. The lowest BCUT2D eigenvalue weighted by molar-refractivity contribution is 0.0906. The first-order valence-corrected chi connectivity index (χ1v) is 8.34. The third-order valence-electron chi connectivity index (χ3n) is 4.79. The Morgan fingerprint density at radius 3 is 2.83 bits per heavy atom. The second-order valence-electron chi connectivity index (χ2n) is 6.26. The summed E-state index contributed by atoms with van der Waals surface area (Å²) < 4.78 is 16.8. The molecule has 0 bridgehead atoms. The SMILES string of the molecule is O=C(N[C@H]1COC[C@@H]1N1CCCC1)c1cccc2c1OCCO2. The molecule has 124 valence electrons. The number of carbonyl (C=O) groups excluding carboxylic acids is 1. The van der Waals surface area contributed by atoms with Crippen molar-refractivity contribution in [2.24, 2.45) is 0 Å². The van der Waals surface area contributed by atoms with Gasteiger partial charge in [-0.3, -0.25) is 9.69 Å². The molecule has 1 aromatic rings. The van der Waals surface area contributed by atoms with E-state index in [1.54, 1.807) is 6.07 Å². The highest BCUT2D eigenvalue weighted by Crippen LogP contribution is 2.33. The average Bonchev–Trinajstić information content (AvgIpc) is 3.25. The molecule has 0 unspecified atom stereocenters. The molecule has 0 aromatic heterocycles. The highest BCUT2D eigenvalue weighted by molar-refractivity contribution is 5.98. The number of likely N-dealkylation sites (tertiary alicyclic amines) is 1. The second-order valence-corrected chi connectivity index (χ2v) is 6.26. The minimum Gasteiger partial charge on any atom is -0.486 e. The van der Waals surface area contributed by atoms with Crippen LogP contribution >= 0.6 is 0 Å². The lowest BCUT2D eigenvalue weighted by atomic mass is 10.1. The lowest BCUT2D eigenvalue weighted by Gasteiger charge is -2.28. The van der Waals surface area contributed by atoms with Crippen molar-refractivity contribution < 1.29 is 19.0 Å². The summed E-state index contributed by atoms with van der Waals surface area (Å²) in [5.74, 6) is 1.07. The summed E-state index contributed by atoms with van der Waals surface area (Å²) in [6, 6.07) is 5.74. The van der Waals surface area contributed by atoms with Gasteiger partial charge in [0.2, 0.25) is 0 Å². The molecule has 3 heterocycles. The summed E-state index contributed by atoms with van der Waals surface area (Å²) in [6.45, 7) is 4.44. The van der Waals surface area contributed by atoms with Gasteiger partial charge in [-0.1, -0.05) is 6.07 Å². The van der Waals surface area contributed by atoms with Gasteiger partial charge in [0.05, 0.1) is 30.9 Å². The summed E-state index contributed by atoms with van der Waals surface area (Å²) in [5.41, 5.74) is 0.536. The van der Waals surface area contributed by atoms with Gasteiger partial charge in [-0.15, -0.1) is 0 Å². The molecular weight excluding hydrogens is 296 g/mol. The Bertz CT molecular complexity index is 586. The number of rotatable bonds is 3. The first-order chi connectivity index (χ1) is 11.3. The van der Waals surface area contributed by atoms with Crippen LogP contribution in [0.25, 0.3) is 0 Å². The van der Waals surface area contributed by atoms with E-state index in [1.165, 1.54) is 12.8 Å². The maximum atomic E-state index is 12.7. The van der Waals surface area contributed by atoms with E-state index in [1.807, 2.05) is 12.1 Å². The van der Waals surface area contributed by atoms with Gasteiger partial charge in [0.1, 0.15) is 13.2 Å². The fourth-order valence-corrected chi connectivity index (χ4v) is 3.61. The third-order valence-corrected chi connectivity index (χ3v) is 4.79. The molecule has 1 N–H and O–H groups in total. The Morgan fingerprint density at radius 2 is 1.96 bits per heavy atom. The summed E-state index contributed by atoms with van der Waals surface area (Å²) in [6.07, 6.45) is 2.46. The molecule has 2 fully saturated rings. The minimum absolute atomic E-state index is 0.0287. The fraction of sp³-hybridized carbons (Fsp3) is 0.588. The van der Waals surface area contributed by atoms with Crippen LogP contribution < -0.4 is 14.8 Å². The number of para-hydroxylation sites is 1. The van der Waals surface area contributed by atoms with Crippen LogP contribution in [0.4, 0.5) is 0 Å². The van der Waals surface area contributed by atoms with Crippen LogP contribution in [0.1, 0.15) is 23.2 Å². The smallest absolute Gasteiger partial charge is 0.255 e. The van der Waals surface area contributed by atoms with Crippen LogP contribution in [0.5, 0.6) is 11.5 Å². The number of nitrogens with one attached hydrogen (secondary N) is 1. The Hall–Kier alpha value is -1.79. The number of benzene rings is 1. The molecule has 4 rings (SSSR count). The van der Waals surface area contributed by atoms with E-state index < -0.39 is 0 Å². The summed E-state index contributed by atoms with van der Waals surface area (Å²) >= 11 is 0. The van der Waals surface area contributed by atoms with Gasteiger partial charge in [-0.2, -0.15) is 0 Å². The number of fused-ring (bicyclic) bond motifs is 1. The normalized spacial score (nSPS) is 27.1. The molecule has 1 amide bonds. The number of hydrogen-bond donors (Lipinski definition) is 1. The summed E-state index contributed by atoms with van der Waals surface area (Å²) in [7, 11) is 0. The predicted octanol–water partition coefficient (Wildman–Crippen LogP) is 1.05. The molecular formula is C17H22N2O4. The van der Waals surface area contributed by atoms with E-state index in [4.69, 9.17) is 14.2 Å². The van der Waals surface area contributed by atoms with Crippen LogP contribution in [0.3, 0.4) is 0 Å². The van der Waals surface area contributed by atoms with Crippen molar-refractivity contribution in [3.63, 3.8) is 0 Å². The monoisotopic (exact) mass is 318 g/mol. The van der Waals surface area contributed by atoms with E-state index in [2.05, 4.69) is 10.2 Å². The molecule has 0 aliphatic carbocycles. The lowest BCUT2D eigenvalue weighted by Crippen LogP contribution is -2.50. The Balaban J connectivity index is 1.49. The van der Waals surface area contributed by atoms with E-state index >= 15 is 0 Å². The first kappa shape index (κ1) is 14.8. The van der Waals surface area contributed by atoms with Crippen molar-refractivity contribution in [3.8, 4) is 11.5 Å². The zero-order valence-corrected chi connectivity index (χ0v) is 13.1. The number of ether oxygens (including phenoxy) is 3. The molecule has 0 saturated carbocycles. The van der Waals surface area contributed by atoms with Gasteiger partial charge in [-0.25, -0.2) is 0 Å².